The lowest BCUT2D eigenvalue weighted by Crippen LogP contribution is -2.45. The average Bonchev–Trinajstić information content (AvgIpc) is 2.29. The summed E-state index contributed by atoms with van der Waals surface area (Å²) in [6.45, 7) is 0. The van der Waals surface area contributed by atoms with Gasteiger partial charge in [0.05, 0.1) is 0 Å². The van der Waals surface area contributed by atoms with Gasteiger partial charge >= 0.3 is 0 Å². The standard InChI is InChI=1S/C13H16FNOS/c14-9-1-2-10-11(15)8-13(16-12(10)7-9)3-5-17-6-4-13/h1-2,7,11H,3-6,8,15H2/t11-/m1/s1. The quantitative estimate of drug-likeness (QED) is 0.772. The summed E-state index contributed by atoms with van der Waals surface area (Å²) in [4.78, 5) is 0. The molecule has 0 aliphatic carbocycles. The van der Waals surface area contributed by atoms with Crippen LogP contribution >= 0.6 is 11.8 Å². The van der Waals surface area contributed by atoms with Gasteiger partial charge < -0.3 is 10.5 Å². The summed E-state index contributed by atoms with van der Waals surface area (Å²) in [5, 5.41) is 0. The van der Waals surface area contributed by atoms with E-state index in [1.807, 2.05) is 11.8 Å². The molecule has 3 rings (SSSR count). The molecule has 2 aliphatic rings. The summed E-state index contributed by atoms with van der Waals surface area (Å²) in [7, 11) is 0. The van der Waals surface area contributed by atoms with Gasteiger partial charge in [-0.3, -0.25) is 0 Å². The Labute approximate surface area is 105 Å². The maximum Gasteiger partial charge on any atom is 0.127 e. The van der Waals surface area contributed by atoms with E-state index in [2.05, 4.69) is 0 Å². The molecule has 0 unspecified atom stereocenters. The molecule has 1 spiro atoms. The minimum Gasteiger partial charge on any atom is -0.487 e. The second kappa shape index (κ2) is 4.18. The van der Waals surface area contributed by atoms with E-state index in [-0.39, 0.29) is 17.5 Å². The maximum absolute atomic E-state index is 13.3. The highest BCUT2D eigenvalue weighted by Gasteiger charge is 2.40. The van der Waals surface area contributed by atoms with E-state index in [9.17, 15) is 4.39 Å². The van der Waals surface area contributed by atoms with Gasteiger partial charge in [-0.15, -0.1) is 0 Å². The van der Waals surface area contributed by atoms with E-state index in [0.29, 0.717) is 5.75 Å². The summed E-state index contributed by atoms with van der Waals surface area (Å²) in [6, 6.07) is 4.65. The fourth-order valence-corrected chi connectivity index (χ4v) is 3.97. The summed E-state index contributed by atoms with van der Waals surface area (Å²) < 4.78 is 19.3. The lowest BCUT2D eigenvalue weighted by Gasteiger charge is -2.43. The number of nitrogens with two attached hydrogens (primary N) is 1. The third-order valence-electron chi connectivity index (χ3n) is 3.70. The van der Waals surface area contributed by atoms with Gasteiger partial charge in [0.15, 0.2) is 0 Å². The first-order valence-corrected chi connectivity index (χ1v) is 7.16. The zero-order valence-electron chi connectivity index (χ0n) is 9.62. The Morgan fingerprint density at radius 1 is 1.35 bits per heavy atom. The highest BCUT2D eigenvalue weighted by Crippen LogP contribution is 2.44. The number of fused-ring (bicyclic) bond motifs is 1. The van der Waals surface area contributed by atoms with Gasteiger partial charge in [-0.25, -0.2) is 4.39 Å². The molecule has 1 aromatic rings. The van der Waals surface area contributed by atoms with Gasteiger partial charge in [-0.2, -0.15) is 11.8 Å². The zero-order chi connectivity index (χ0) is 11.9. The number of hydrogen-bond acceptors (Lipinski definition) is 3. The monoisotopic (exact) mass is 253 g/mol. The first-order chi connectivity index (χ1) is 8.19. The van der Waals surface area contributed by atoms with Crippen molar-refractivity contribution >= 4 is 11.8 Å². The van der Waals surface area contributed by atoms with Crippen LogP contribution in [-0.4, -0.2) is 17.1 Å². The first kappa shape index (κ1) is 11.4. The molecular formula is C13H16FNOS. The number of hydrogen-bond donors (Lipinski definition) is 1. The number of ether oxygens (including phenoxy) is 1. The molecular weight excluding hydrogens is 237 g/mol. The van der Waals surface area contributed by atoms with Crippen molar-refractivity contribution in [2.75, 3.05) is 11.5 Å². The second-order valence-corrected chi connectivity index (χ2v) is 6.11. The van der Waals surface area contributed by atoms with Crippen molar-refractivity contribution in [2.24, 2.45) is 5.73 Å². The first-order valence-electron chi connectivity index (χ1n) is 6.00. The molecule has 0 saturated carbocycles. The highest BCUT2D eigenvalue weighted by atomic mass is 32.2. The fraction of sp³-hybridized carbons (Fsp3) is 0.538. The van der Waals surface area contributed by atoms with Crippen molar-refractivity contribution in [1.29, 1.82) is 0 Å². The van der Waals surface area contributed by atoms with Crippen molar-refractivity contribution in [3.05, 3.63) is 29.6 Å². The fourth-order valence-electron chi connectivity index (χ4n) is 2.74. The van der Waals surface area contributed by atoms with Crippen LogP contribution < -0.4 is 10.5 Å². The van der Waals surface area contributed by atoms with Crippen molar-refractivity contribution in [1.82, 2.24) is 0 Å². The van der Waals surface area contributed by atoms with E-state index in [1.54, 1.807) is 6.07 Å². The maximum atomic E-state index is 13.3. The van der Waals surface area contributed by atoms with E-state index < -0.39 is 0 Å². The minimum absolute atomic E-state index is 0.0255. The Morgan fingerprint density at radius 3 is 2.88 bits per heavy atom. The molecule has 0 radical (unpaired) electrons. The lowest BCUT2D eigenvalue weighted by atomic mass is 9.83. The van der Waals surface area contributed by atoms with Gasteiger partial charge in [0.2, 0.25) is 0 Å². The van der Waals surface area contributed by atoms with Crippen molar-refractivity contribution in [3.8, 4) is 5.75 Å². The normalized spacial score (nSPS) is 26.4. The molecule has 1 saturated heterocycles. The summed E-state index contributed by atoms with van der Waals surface area (Å²) >= 11 is 1.95. The number of rotatable bonds is 0. The largest absolute Gasteiger partial charge is 0.487 e. The second-order valence-electron chi connectivity index (χ2n) is 4.89. The molecule has 92 valence electrons. The zero-order valence-corrected chi connectivity index (χ0v) is 10.4. The summed E-state index contributed by atoms with van der Waals surface area (Å²) in [5.41, 5.74) is 6.99. The molecule has 17 heavy (non-hydrogen) atoms. The van der Waals surface area contributed by atoms with Crippen LogP contribution in [0, 0.1) is 5.82 Å². The van der Waals surface area contributed by atoms with Gasteiger partial charge in [-0.05, 0) is 30.4 Å². The van der Waals surface area contributed by atoms with E-state index in [1.165, 1.54) is 12.1 Å². The SMILES string of the molecule is N[C@@H]1CC2(CCSCC2)Oc2cc(F)ccc21. The van der Waals surface area contributed by atoms with Crippen molar-refractivity contribution in [3.63, 3.8) is 0 Å². The van der Waals surface area contributed by atoms with E-state index in [4.69, 9.17) is 10.5 Å². The average molecular weight is 253 g/mol. The Kier molecular flexibility index (Phi) is 2.79. The van der Waals surface area contributed by atoms with Crippen LogP contribution in [0.4, 0.5) is 4.39 Å². The molecule has 1 fully saturated rings. The van der Waals surface area contributed by atoms with Crippen LogP contribution in [0.1, 0.15) is 30.9 Å². The molecule has 0 aromatic heterocycles. The smallest absolute Gasteiger partial charge is 0.127 e. The van der Waals surface area contributed by atoms with Gasteiger partial charge in [0, 0.05) is 24.1 Å². The van der Waals surface area contributed by atoms with Crippen molar-refractivity contribution < 1.29 is 9.13 Å². The molecule has 1 aromatic carbocycles. The van der Waals surface area contributed by atoms with Gasteiger partial charge in [-0.1, -0.05) is 6.07 Å². The number of benzene rings is 1. The molecule has 2 N–H and O–H groups in total. The molecule has 2 nitrogen and oxygen atoms in total. The number of thioether (sulfide) groups is 1. The minimum atomic E-state index is -0.252. The Hall–Kier alpha value is -0.740. The molecule has 0 bridgehead atoms. The summed E-state index contributed by atoms with van der Waals surface area (Å²) in [5.74, 6) is 2.61. The van der Waals surface area contributed by atoms with E-state index >= 15 is 0 Å². The predicted octanol–water partition coefficient (Wildman–Crippen LogP) is 2.87. The molecule has 0 amide bonds. The van der Waals surface area contributed by atoms with Crippen LogP contribution in [-0.2, 0) is 0 Å². The Bertz CT molecular complexity index is 431. The number of halogens is 1. The highest BCUT2D eigenvalue weighted by molar-refractivity contribution is 7.99. The van der Waals surface area contributed by atoms with Crippen LogP contribution in [0.2, 0.25) is 0 Å². The van der Waals surface area contributed by atoms with Crippen LogP contribution in [0.5, 0.6) is 5.75 Å². The van der Waals surface area contributed by atoms with Gasteiger partial charge in [0.25, 0.3) is 0 Å². The third-order valence-corrected chi connectivity index (χ3v) is 4.68. The Balaban J connectivity index is 1.95. The predicted molar refractivity (Wildman–Crippen MR) is 67.9 cm³/mol. The molecule has 1 atom stereocenters. The lowest BCUT2D eigenvalue weighted by molar-refractivity contribution is 0.0276. The molecule has 2 heterocycles. The van der Waals surface area contributed by atoms with Gasteiger partial charge in [0.1, 0.15) is 17.2 Å². The molecule has 4 heteroatoms. The van der Waals surface area contributed by atoms with Crippen LogP contribution in [0.15, 0.2) is 18.2 Å². The van der Waals surface area contributed by atoms with Crippen LogP contribution in [0.3, 0.4) is 0 Å². The van der Waals surface area contributed by atoms with Crippen molar-refractivity contribution in [2.45, 2.75) is 30.9 Å². The van der Waals surface area contributed by atoms with Crippen LogP contribution in [0.25, 0.3) is 0 Å². The third kappa shape index (κ3) is 2.04. The van der Waals surface area contributed by atoms with E-state index in [0.717, 1.165) is 36.3 Å². The Morgan fingerprint density at radius 2 is 2.12 bits per heavy atom. The topological polar surface area (TPSA) is 35.2 Å². The summed E-state index contributed by atoms with van der Waals surface area (Å²) in [6.07, 6.45) is 2.88. The molecule has 2 aliphatic heterocycles.